The van der Waals surface area contributed by atoms with Crippen molar-refractivity contribution in [1.29, 1.82) is 0 Å². The fourth-order valence-corrected chi connectivity index (χ4v) is 1.97. The summed E-state index contributed by atoms with van der Waals surface area (Å²) in [5.41, 5.74) is 1.45. The van der Waals surface area contributed by atoms with E-state index in [1.807, 2.05) is 19.1 Å². The van der Waals surface area contributed by atoms with Gasteiger partial charge in [0.25, 0.3) is 0 Å². The van der Waals surface area contributed by atoms with Crippen molar-refractivity contribution in [3.63, 3.8) is 0 Å². The van der Waals surface area contributed by atoms with Crippen LogP contribution in [0.4, 0.5) is 13.2 Å². The average Bonchev–Trinajstić information content (AvgIpc) is 2.83. The molecule has 0 radical (unpaired) electrons. The molecule has 0 aliphatic heterocycles. The first-order valence-electron chi connectivity index (χ1n) is 5.95. The highest BCUT2D eigenvalue weighted by Gasteiger charge is 2.30. The number of alkyl halides is 3. The van der Waals surface area contributed by atoms with E-state index >= 15 is 0 Å². The van der Waals surface area contributed by atoms with E-state index in [0.717, 1.165) is 17.8 Å². The van der Waals surface area contributed by atoms with Crippen molar-refractivity contribution in [3.8, 4) is 11.4 Å². The van der Waals surface area contributed by atoms with Crippen molar-refractivity contribution in [2.24, 2.45) is 0 Å². The monoisotopic (exact) mass is 277 g/mol. The standard InChI is InChI=1S/C14H10F3N3/c1-9-3-2-4-12-18-13(19-20(9)12)10-5-7-11(8-6-10)14(15,16)17/h2-8H,1H3. The highest BCUT2D eigenvalue weighted by molar-refractivity contribution is 5.58. The van der Waals surface area contributed by atoms with Gasteiger partial charge >= 0.3 is 6.18 Å². The maximum atomic E-state index is 12.5. The number of fused-ring (bicyclic) bond motifs is 1. The van der Waals surface area contributed by atoms with Crippen LogP contribution < -0.4 is 0 Å². The first-order chi connectivity index (χ1) is 9.45. The third kappa shape index (κ3) is 2.13. The van der Waals surface area contributed by atoms with Gasteiger partial charge < -0.3 is 0 Å². The van der Waals surface area contributed by atoms with E-state index in [1.165, 1.54) is 12.1 Å². The van der Waals surface area contributed by atoms with E-state index in [0.29, 0.717) is 17.0 Å². The summed E-state index contributed by atoms with van der Waals surface area (Å²) in [7, 11) is 0. The van der Waals surface area contributed by atoms with Crippen LogP contribution in [0.1, 0.15) is 11.3 Å². The minimum atomic E-state index is -4.33. The Morgan fingerprint density at radius 3 is 2.30 bits per heavy atom. The third-order valence-electron chi connectivity index (χ3n) is 3.02. The summed E-state index contributed by atoms with van der Waals surface area (Å²) in [5, 5.41) is 4.30. The lowest BCUT2D eigenvalue weighted by Crippen LogP contribution is -2.04. The van der Waals surface area contributed by atoms with E-state index in [4.69, 9.17) is 0 Å². The number of hydrogen-bond acceptors (Lipinski definition) is 2. The Hall–Kier alpha value is -2.37. The summed E-state index contributed by atoms with van der Waals surface area (Å²) >= 11 is 0. The molecule has 0 bridgehead atoms. The normalized spacial score (nSPS) is 12.0. The predicted molar refractivity (Wildman–Crippen MR) is 68.2 cm³/mol. The Kier molecular flexibility index (Phi) is 2.74. The van der Waals surface area contributed by atoms with E-state index < -0.39 is 11.7 Å². The number of halogens is 3. The molecule has 6 heteroatoms. The molecule has 0 saturated heterocycles. The summed E-state index contributed by atoms with van der Waals surface area (Å²) < 4.78 is 39.2. The molecule has 3 nitrogen and oxygen atoms in total. The van der Waals surface area contributed by atoms with Gasteiger partial charge in [-0.05, 0) is 31.2 Å². The molecule has 0 unspecified atom stereocenters. The van der Waals surface area contributed by atoms with Gasteiger partial charge in [-0.2, -0.15) is 13.2 Å². The molecule has 1 aromatic carbocycles. The average molecular weight is 277 g/mol. The minimum Gasteiger partial charge on any atom is -0.218 e. The molecule has 0 aliphatic carbocycles. The van der Waals surface area contributed by atoms with Crippen LogP contribution in [-0.2, 0) is 6.18 Å². The second-order valence-electron chi connectivity index (χ2n) is 4.45. The van der Waals surface area contributed by atoms with Gasteiger partial charge in [0.05, 0.1) is 5.56 Å². The molecule has 0 spiro atoms. The smallest absolute Gasteiger partial charge is 0.218 e. The topological polar surface area (TPSA) is 30.2 Å². The molecule has 3 rings (SSSR count). The van der Waals surface area contributed by atoms with Crippen molar-refractivity contribution in [3.05, 3.63) is 53.7 Å². The van der Waals surface area contributed by atoms with Crippen molar-refractivity contribution in [1.82, 2.24) is 14.6 Å². The van der Waals surface area contributed by atoms with Crippen LogP contribution in [0, 0.1) is 6.92 Å². The van der Waals surface area contributed by atoms with Crippen molar-refractivity contribution < 1.29 is 13.2 Å². The van der Waals surface area contributed by atoms with Crippen LogP contribution >= 0.6 is 0 Å². The van der Waals surface area contributed by atoms with Crippen LogP contribution in [0.5, 0.6) is 0 Å². The highest BCUT2D eigenvalue weighted by Crippen LogP contribution is 2.30. The van der Waals surface area contributed by atoms with Crippen LogP contribution in [0.3, 0.4) is 0 Å². The molecular weight excluding hydrogens is 267 g/mol. The Morgan fingerprint density at radius 1 is 1.00 bits per heavy atom. The maximum Gasteiger partial charge on any atom is 0.416 e. The van der Waals surface area contributed by atoms with Crippen LogP contribution in [-0.4, -0.2) is 14.6 Å². The molecule has 2 heterocycles. The summed E-state index contributed by atoms with van der Waals surface area (Å²) in [6.07, 6.45) is -4.33. The van der Waals surface area contributed by atoms with E-state index in [9.17, 15) is 13.2 Å². The molecule has 102 valence electrons. The lowest BCUT2D eigenvalue weighted by atomic mass is 10.1. The molecule has 0 atom stereocenters. The van der Waals surface area contributed by atoms with Gasteiger partial charge in [0.15, 0.2) is 11.5 Å². The summed E-state index contributed by atoms with van der Waals surface area (Å²) in [6, 6.07) is 10.4. The number of nitrogens with zero attached hydrogens (tertiary/aromatic N) is 3. The highest BCUT2D eigenvalue weighted by atomic mass is 19.4. The van der Waals surface area contributed by atoms with Crippen LogP contribution in [0.2, 0.25) is 0 Å². The second kappa shape index (κ2) is 4.33. The van der Waals surface area contributed by atoms with E-state index in [-0.39, 0.29) is 0 Å². The molecule has 3 aromatic rings. The van der Waals surface area contributed by atoms with Gasteiger partial charge in [0, 0.05) is 11.3 Å². The van der Waals surface area contributed by atoms with Gasteiger partial charge in [-0.15, -0.1) is 5.10 Å². The molecule has 20 heavy (non-hydrogen) atoms. The summed E-state index contributed by atoms with van der Waals surface area (Å²) in [6.45, 7) is 1.89. The largest absolute Gasteiger partial charge is 0.416 e. The van der Waals surface area contributed by atoms with Gasteiger partial charge in [0.1, 0.15) is 0 Å². The van der Waals surface area contributed by atoms with Gasteiger partial charge in [-0.1, -0.05) is 18.2 Å². The maximum absolute atomic E-state index is 12.5. The lowest BCUT2D eigenvalue weighted by molar-refractivity contribution is -0.137. The molecule has 0 fully saturated rings. The van der Waals surface area contributed by atoms with Gasteiger partial charge in [-0.3, -0.25) is 0 Å². The SMILES string of the molecule is Cc1cccc2nc(-c3ccc(C(F)(F)F)cc3)nn12. The minimum absolute atomic E-state index is 0.410. The number of pyridine rings is 1. The van der Waals surface area contributed by atoms with Gasteiger partial charge in [0.2, 0.25) is 0 Å². The summed E-state index contributed by atoms with van der Waals surface area (Å²) in [4.78, 5) is 4.31. The van der Waals surface area contributed by atoms with E-state index in [1.54, 1.807) is 10.6 Å². The van der Waals surface area contributed by atoms with E-state index in [2.05, 4.69) is 10.1 Å². The first-order valence-corrected chi connectivity index (χ1v) is 5.95. The number of benzene rings is 1. The molecule has 0 amide bonds. The summed E-state index contributed by atoms with van der Waals surface area (Å²) in [5.74, 6) is 0.410. The molecule has 0 aliphatic rings. The van der Waals surface area contributed by atoms with Crippen molar-refractivity contribution in [2.45, 2.75) is 13.1 Å². The predicted octanol–water partition coefficient (Wildman–Crippen LogP) is 3.72. The Morgan fingerprint density at radius 2 is 1.70 bits per heavy atom. The lowest BCUT2D eigenvalue weighted by Gasteiger charge is -2.05. The molecule has 0 N–H and O–H groups in total. The number of aryl methyl sites for hydroxylation is 1. The third-order valence-corrected chi connectivity index (χ3v) is 3.02. The van der Waals surface area contributed by atoms with Gasteiger partial charge in [-0.25, -0.2) is 9.50 Å². The number of rotatable bonds is 1. The number of aromatic nitrogens is 3. The second-order valence-corrected chi connectivity index (χ2v) is 4.45. The molecular formula is C14H10F3N3. The molecule has 2 aromatic heterocycles. The Bertz CT molecular complexity index is 757. The van der Waals surface area contributed by atoms with Crippen LogP contribution in [0.15, 0.2) is 42.5 Å². The zero-order valence-corrected chi connectivity index (χ0v) is 10.5. The fourth-order valence-electron chi connectivity index (χ4n) is 1.97. The molecule has 0 saturated carbocycles. The van der Waals surface area contributed by atoms with Crippen molar-refractivity contribution >= 4 is 5.65 Å². The quantitative estimate of drug-likeness (QED) is 0.678. The zero-order valence-electron chi connectivity index (χ0n) is 10.5. The fraction of sp³-hybridized carbons (Fsp3) is 0.143. The zero-order chi connectivity index (χ0) is 14.3. The number of hydrogen-bond donors (Lipinski definition) is 0. The Labute approximate surface area is 112 Å². The van der Waals surface area contributed by atoms with Crippen molar-refractivity contribution in [2.75, 3.05) is 0 Å². The first kappa shape index (κ1) is 12.7. The van der Waals surface area contributed by atoms with Crippen LogP contribution in [0.25, 0.3) is 17.0 Å². The Balaban J connectivity index is 2.05.